The minimum atomic E-state index is -1.39. The number of aliphatic hydroxyl groups is 1. The van der Waals surface area contributed by atoms with Crippen LogP contribution in [0.15, 0.2) is 53.5 Å². The predicted molar refractivity (Wildman–Crippen MR) is 77.9 cm³/mol. The molecule has 100 valence electrons. The van der Waals surface area contributed by atoms with E-state index in [-0.39, 0.29) is 0 Å². The molecule has 1 aliphatic rings. The summed E-state index contributed by atoms with van der Waals surface area (Å²) >= 11 is 0. The standard InChI is InChI=1S/C16H14N2O2/c1-10-7-8-13-12(9-10)14(11-5-3-2-4-6-11)18-16(20)15(19)17-13/h2-9,16,20H,1H3,(H,17,19). The first-order valence-corrected chi connectivity index (χ1v) is 6.38. The van der Waals surface area contributed by atoms with Gasteiger partial charge >= 0.3 is 0 Å². The van der Waals surface area contributed by atoms with Gasteiger partial charge in [0.1, 0.15) is 0 Å². The van der Waals surface area contributed by atoms with Crippen molar-refractivity contribution in [2.75, 3.05) is 5.32 Å². The van der Waals surface area contributed by atoms with Gasteiger partial charge in [-0.3, -0.25) is 4.79 Å². The Hall–Kier alpha value is -2.46. The highest BCUT2D eigenvalue weighted by Gasteiger charge is 2.23. The van der Waals surface area contributed by atoms with Crippen molar-refractivity contribution in [1.29, 1.82) is 0 Å². The quantitative estimate of drug-likeness (QED) is 0.830. The maximum absolute atomic E-state index is 11.8. The smallest absolute Gasteiger partial charge is 0.276 e. The molecule has 1 heterocycles. The van der Waals surface area contributed by atoms with Crippen molar-refractivity contribution < 1.29 is 9.90 Å². The highest BCUT2D eigenvalue weighted by molar-refractivity contribution is 6.19. The van der Waals surface area contributed by atoms with Crippen LogP contribution in [0.5, 0.6) is 0 Å². The Morgan fingerprint density at radius 2 is 1.90 bits per heavy atom. The first-order valence-electron chi connectivity index (χ1n) is 6.38. The van der Waals surface area contributed by atoms with E-state index in [0.717, 1.165) is 16.7 Å². The third-order valence-electron chi connectivity index (χ3n) is 3.22. The van der Waals surface area contributed by atoms with E-state index >= 15 is 0 Å². The Morgan fingerprint density at radius 1 is 1.15 bits per heavy atom. The Morgan fingerprint density at radius 3 is 2.65 bits per heavy atom. The second-order valence-electron chi connectivity index (χ2n) is 4.76. The number of aliphatic hydroxyl groups excluding tert-OH is 1. The molecule has 0 aliphatic carbocycles. The maximum Gasteiger partial charge on any atom is 0.276 e. The van der Waals surface area contributed by atoms with Crippen molar-refractivity contribution in [2.45, 2.75) is 13.2 Å². The van der Waals surface area contributed by atoms with Gasteiger partial charge in [0.15, 0.2) is 0 Å². The monoisotopic (exact) mass is 266 g/mol. The van der Waals surface area contributed by atoms with Gasteiger partial charge in [-0.2, -0.15) is 0 Å². The van der Waals surface area contributed by atoms with Crippen molar-refractivity contribution in [1.82, 2.24) is 0 Å². The summed E-state index contributed by atoms with van der Waals surface area (Å²) in [5, 5.41) is 12.5. The molecule has 1 amide bonds. The molecule has 0 saturated heterocycles. The number of benzene rings is 2. The van der Waals surface area contributed by atoms with Crippen LogP contribution in [0.4, 0.5) is 5.69 Å². The molecule has 3 rings (SSSR count). The van der Waals surface area contributed by atoms with E-state index in [0.29, 0.717) is 11.4 Å². The first-order chi connectivity index (χ1) is 9.65. The maximum atomic E-state index is 11.8. The van der Waals surface area contributed by atoms with E-state index < -0.39 is 12.1 Å². The first kappa shape index (κ1) is 12.6. The fourth-order valence-electron chi connectivity index (χ4n) is 2.24. The second-order valence-corrected chi connectivity index (χ2v) is 4.76. The van der Waals surface area contributed by atoms with Crippen LogP contribution in [0.25, 0.3) is 0 Å². The lowest BCUT2D eigenvalue weighted by atomic mass is 9.99. The van der Waals surface area contributed by atoms with Crippen LogP contribution in [0.3, 0.4) is 0 Å². The zero-order valence-corrected chi connectivity index (χ0v) is 11.0. The summed E-state index contributed by atoms with van der Waals surface area (Å²) in [4.78, 5) is 15.9. The van der Waals surface area contributed by atoms with Gasteiger partial charge in [-0.25, -0.2) is 4.99 Å². The van der Waals surface area contributed by atoms with Crippen LogP contribution in [0, 0.1) is 6.92 Å². The number of amides is 1. The number of benzodiazepines with no additional fused rings is 1. The molecule has 0 fully saturated rings. The summed E-state index contributed by atoms with van der Waals surface area (Å²) in [6.07, 6.45) is -1.39. The van der Waals surface area contributed by atoms with Crippen LogP contribution in [-0.2, 0) is 4.79 Å². The summed E-state index contributed by atoms with van der Waals surface area (Å²) in [6.45, 7) is 1.98. The van der Waals surface area contributed by atoms with E-state index in [9.17, 15) is 9.90 Å². The predicted octanol–water partition coefficient (Wildman–Crippen LogP) is 2.10. The molecule has 0 radical (unpaired) electrons. The molecule has 0 aromatic heterocycles. The third-order valence-corrected chi connectivity index (χ3v) is 3.22. The van der Waals surface area contributed by atoms with E-state index in [2.05, 4.69) is 10.3 Å². The number of hydrogen-bond donors (Lipinski definition) is 2. The molecule has 1 unspecified atom stereocenters. The summed E-state index contributed by atoms with van der Waals surface area (Å²) < 4.78 is 0. The third kappa shape index (κ3) is 2.21. The topological polar surface area (TPSA) is 61.7 Å². The largest absolute Gasteiger partial charge is 0.364 e. The molecule has 2 aromatic carbocycles. The van der Waals surface area contributed by atoms with E-state index in [1.54, 1.807) is 0 Å². The van der Waals surface area contributed by atoms with Crippen molar-refractivity contribution in [3.05, 3.63) is 65.2 Å². The van der Waals surface area contributed by atoms with Gasteiger partial charge in [0.05, 0.1) is 11.4 Å². The molecule has 4 heteroatoms. The zero-order valence-electron chi connectivity index (χ0n) is 11.0. The molecule has 0 spiro atoms. The van der Waals surface area contributed by atoms with Crippen molar-refractivity contribution in [3.63, 3.8) is 0 Å². The van der Waals surface area contributed by atoms with Gasteiger partial charge in [-0.1, -0.05) is 42.0 Å². The number of nitrogens with one attached hydrogen (secondary N) is 1. The van der Waals surface area contributed by atoms with Gasteiger partial charge in [-0.15, -0.1) is 0 Å². The SMILES string of the molecule is Cc1ccc2c(c1)C(c1ccccc1)=NC(O)C(=O)N2. The minimum Gasteiger partial charge on any atom is -0.364 e. The summed E-state index contributed by atoms with van der Waals surface area (Å²) in [6, 6.07) is 15.2. The summed E-state index contributed by atoms with van der Waals surface area (Å²) in [5.74, 6) is -0.513. The van der Waals surface area contributed by atoms with E-state index in [1.165, 1.54) is 0 Å². The lowest BCUT2D eigenvalue weighted by molar-refractivity contribution is -0.123. The Balaban J connectivity index is 2.23. The van der Waals surface area contributed by atoms with Gasteiger partial charge in [0.25, 0.3) is 5.91 Å². The summed E-state index contributed by atoms with van der Waals surface area (Å²) in [5.41, 5.74) is 4.05. The lowest BCUT2D eigenvalue weighted by Crippen LogP contribution is -2.24. The molecular formula is C16H14N2O2. The number of aliphatic imine (C=N–C) groups is 1. The Kier molecular flexibility index (Phi) is 3.08. The molecule has 1 atom stereocenters. The highest BCUT2D eigenvalue weighted by atomic mass is 16.3. The Labute approximate surface area is 116 Å². The molecule has 1 aliphatic heterocycles. The van der Waals surface area contributed by atoms with Gasteiger partial charge < -0.3 is 10.4 Å². The minimum absolute atomic E-state index is 0.513. The zero-order chi connectivity index (χ0) is 14.1. The van der Waals surface area contributed by atoms with Gasteiger partial charge in [-0.05, 0) is 19.1 Å². The number of carbonyl (C=O) groups excluding carboxylic acids is 1. The van der Waals surface area contributed by atoms with Crippen LogP contribution in [0.1, 0.15) is 16.7 Å². The molecule has 20 heavy (non-hydrogen) atoms. The number of rotatable bonds is 1. The molecule has 2 N–H and O–H groups in total. The van der Waals surface area contributed by atoms with E-state index in [4.69, 9.17) is 0 Å². The fourth-order valence-corrected chi connectivity index (χ4v) is 2.24. The molecule has 0 saturated carbocycles. The van der Waals surface area contributed by atoms with Crippen LogP contribution < -0.4 is 5.32 Å². The lowest BCUT2D eigenvalue weighted by Gasteiger charge is -2.10. The van der Waals surface area contributed by atoms with E-state index in [1.807, 2.05) is 55.5 Å². The molecule has 4 nitrogen and oxygen atoms in total. The van der Waals surface area contributed by atoms with Crippen molar-refractivity contribution >= 4 is 17.3 Å². The normalized spacial score (nSPS) is 17.8. The van der Waals surface area contributed by atoms with Gasteiger partial charge in [0.2, 0.25) is 6.23 Å². The number of fused-ring (bicyclic) bond motifs is 1. The van der Waals surface area contributed by atoms with Gasteiger partial charge in [0, 0.05) is 11.1 Å². The van der Waals surface area contributed by atoms with Crippen molar-refractivity contribution in [3.8, 4) is 0 Å². The van der Waals surface area contributed by atoms with Crippen LogP contribution >= 0.6 is 0 Å². The average molecular weight is 266 g/mol. The number of nitrogens with zero attached hydrogens (tertiary/aromatic N) is 1. The molecular weight excluding hydrogens is 252 g/mol. The number of anilines is 1. The Bertz CT molecular complexity index is 693. The fraction of sp³-hybridized carbons (Fsp3) is 0.125. The number of hydrogen-bond acceptors (Lipinski definition) is 3. The van der Waals surface area contributed by atoms with Crippen LogP contribution in [-0.4, -0.2) is 23.0 Å². The highest BCUT2D eigenvalue weighted by Crippen LogP contribution is 2.24. The average Bonchev–Trinajstić information content (AvgIpc) is 2.58. The summed E-state index contributed by atoms with van der Waals surface area (Å²) in [7, 11) is 0. The second kappa shape index (κ2) is 4.90. The molecule has 0 bridgehead atoms. The van der Waals surface area contributed by atoms with Crippen molar-refractivity contribution in [2.24, 2.45) is 4.99 Å². The number of carbonyl (C=O) groups is 1. The number of aryl methyl sites for hydroxylation is 1. The van der Waals surface area contributed by atoms with Crippen LogP contribution in [0.2, 0.25) is 0 Å². The molecule has 2 aromatic rings.